The number of carbonyl (C=O) groups is 3. The number of hydrogen-bond acceptors (Lipinski definition) is 4. The topological polar surface area (TPSA) is 128 Å². The van der Waals surface area contributed by atoms with Gasteiger partial charge in [0, 0.05) is 19.0 Å². The van der Waals surface area contributed by atoms with Crippen molar-refractivity contribution < 1.29 is 24.6 Å². The van der Waals surface area contributed by atoms with Gasteiger partial charge in [-0.3, -0.25) is 4.79 Å². The van der Waals surface area contributed by atoms with E-state index < -0.39 is 18.1 Å². The molecule has 1 rings (SSSR count). The second-order valence-electron chi connectivity index (χ2n) is 4.44. The fourth-order valence-corrected chi connectivity index (χ4v) is 1.32. The summed E-state index contributed by atoms with van der Waals surface area (Å²) in [4.78, 5) is 32.7. The number of rotatable bonds is 8. The van der Waals surface area contributed by atoms with Gasteiger partial charge in [-0.15, -0.1) is 0 Å². The molecule has 0 aliphatic heterocycles. The molecule has 1 aliphatic rings. The summed E-state index contributed by atoms with van der Waals surface area (Å²) in [5.41, 5.74) is 0. The van der Waals surface area contributed by atoms with E-state index in [0.717, 1.165) is 12.8 Å². The number of aliphatic hydroxyl groups excluding tert-OH is 1. The highest BCUT2D eigenvalue weighted by Gasteiger charge is 2.22. The zero-order chi connectivity index (χ0) is 14.3. The average Bonchev–Trinajstić information content (AvgIpc) is 3.15. The summed E-state index contributed by atoms with van der Waals surface area (Å²) >= 11 is 0. The zero-order valence-corrected chi connectivity index (χ0v) is 10.5. The molecule has 0 heterocycles. The van der Waals surface area contributed by atoms with Crippen LogP contribution >= 0.6 is 0 Å². The molecule has 1 aliphatic carbocycles. The fraction of sp³-hybridized carbons (Fsp3) is 0.727. The Balaban J connectivity index is 1.97. The van der Waals surface area contributed by atoms with E-state index in [9.17, 15) is 14.4 Å². The summed E-state index contributed by atoms with van der Waals surface area (Å²) in [6.45, 7) is -0.0452. The maximum atomic E-state index is 11.3. The highest BCUT2D eigenvalue weighted by Crippen LogP contribution is 2.18. The van der Waals surface area contributed by atoms with Gasteiger partial charge in [0.25, 0.3) is 0 Å². The van der Waals surface area contributed by atoms with Crippen LogP contribution in [0.1, 0.15) is 25.7 Å². The number of carbonyl (C=O) groups excluding carboxylic acids is 2. The molecule has 19 heavy (non-hydrogen) atoms. The number of aliphatic hydroxyl groups is 1. The van der Waals surface area contributed by atoms with E-state index >= 15 is 0 Å². The van der Waals surface area contributed by atoms with E-state index in [-0.39, 0.29) is 12.5 Å². The zero-order valence-electron chi connectivity index (χ0n) is 10.5. The molecule has 3 amide bonds. The van der Waals surface area contributed by atoms with Crippen LogP contribution in [-0.2, 0) is 9.59 Å². The van der Waals surface area contributed by atoms with Crippen molar-refractivity contribution in [1.82, 2.24) is 16.0 Å². The largest absolute Gasteiger partial charge is 0.479 e. The predicted molar refractivity (Wildman–Crippen MR) is 65.4 cm³/mol. The van der Waals surface area contributed by atoms with Crippen LogP contribution in [0.25, 0.3) is 0 Å². The first-order valence-electron chi connectivity index (χ1n) is 6.21. The molecule has 1 atom stereocenters. The standard InChI is InChI=1S/C11H19N3O5/c15-8(10(17)18)6-13-11(19)12-5-1-2-9(16)14-7-3-4-7/h7-8,15H,1-6H2,(H,14,16)(H,17,18)(H2,12,13,19)/t8-/m0/s1. The molecule has 8 nitrogen and oxygen atoms in total. The maximum Gasteiger partial charge on any atom is 0.334 e. The van der Waals surface area contributed by atoms with Crippen LogP contribution in [0, 0.1) is 0 Å². The van der Waals surface area contributed by atoms with Gasteiger partial charge in [0.2, 0.25) is 5.91 Å². The maximum absolute atomic E-state index is 11.3. The summed E-state index contributed by atoms with van der Waals surface area (Å²) in [6.07, 6.45) is 1.31. The predicted octanol–water partition coefficient (Wildman–Crippen LogP) is -1.21. The number of aliphatic carboxylic acids is 1. The van der Waals surface area contributed by atoms with E-state index in [1.807, 2.05) is 0 Å². The Morgan fingerprint density at radius 2 is 1.89 bits per heavy atom. The Morgan fingerprint density at radius 3 is 2.47 bits per heavy atom. The third-order valence-electron chi connectivity index (χ3n) is 2.55. The van der Waals surface area contributed by atoms with Crippen LogP contribution < -0.4 is 16.0 Å². The lowest BCUT2D eigenvalue weighted by molar-refractivity contribution is -0.146. The number of hydrogen-bond donors (Lipinski definition) is 5. The van der Waals surface area contributed by atoms with Crippen LogP contribution in [0.3, 0.4) is 0 Å². The van der Waals surface area contributed by atoms with Crippen molar-refractivity contribution >= 4 is 17.9 Å². The molecule has 8 heteroatoms. The minimum Gasteiger partial charge on any atom is -0.479 e. The first-order chi connectivity index (χ1) is 8.99. The molecule has 0 spiro atoms. The minimum absolute atomic E-state index is 0.0222. The van der Waals surface area contributed by atoms with E-state index in [1.54, 1.807) is 0 Å². The van der Waals surface area contributed by atoms with E-state index in [0.29, 0.717) is 25.4 Å². The van der Waals surface area contributed by atoms with Gasteiger partial charge in [0.05, 0.1) is 6.54 Å². The van der Waals surface area contributed by atoms with Crippen LogP contribution in [-0.4, -0.2) is 53.4 Å². The quantitative estimate of drug-likeness (QED) is 0.354. The number of carboxylic acid groups (broad SMARTS) is 1. The molecule has 0 aromatic heterocycles. The van der Waals surface area contributed by atoms with Gasteiger partial charge in [-0.05, 0) is 19.3 Å². The van der Waals surface area contributed by atoms with Gasteiger partial charge >= 0.3 is 12.0 Å². The molecule has 0 aromatic carbocycles. The molecule has 0 aromatic rings. The normalized spacial score (nSPS) is 15.4. The first-order valence-corrected chi connectivity index (χ1v) is 6.21. The molecule has 0 bridgehead atoms. The summed E-state index contributed by atoms with van der Waals surface area (Å²) in [7, 11) is 0. The van der Waals surface area contributed by atoms with Gasteiger partial charge in [-0.1, -0.05) is 0 Å². The van der Waals surface area contributed by atoms with Crippen LogP contribution in [0.15, 0.2) is 0 Å². The Bertz CT molecular complexity index is 343. The van der Waals surface area contributed by atoms with Crippen molar-refractivity contribution in [2.24, 2.45) is 0 Å². The summed E-state index contributed by atoms with van der Waals surface area (Å²) in [5, 5.41) is 24.8. The molecule has 0 unspecified atom stereocenters. The lowest BCUT2D eigenvalue weighted by Crippen LogP contribution is -2.42. The molecular weight excluding hydrogens is 254 g/mol. The molecule has 5 N–H and O–H groups in total. The second kappa shape index (κ2) is 7.57. The van der Waals surface area contributed by atoms with Gasteiger partial charge in [0.15, 0.2) is 6.10 Å². The van der Waals surface area contributed by atoms with Crippen molar-refractivity contribution in [3.05, 3.63) is 0 Å². The summed E-state index contributed by atoms with van der Waals surface area (Å²) in [6, 6.07) is -0.232. The minimum atomic E-state index is -1.62. The van der Waals surface area contributed by atoms with Crippen molar-refractivity contribution in [3.8, 4) is 0 Å². The van der Waals surface area contributed by atoms with Crippen LogP contribution in [0.5, 0.6) is 0 Å². The smallest absolute Gasteiger partial charge is 0.334 e. The van der Waals surface area contributed by atoms with Crippen LogP contribution in [0.4, 0.5) is 4.79 Å². The SMILES string of the molecule is O=C(CCCNC(=O)NC[C@H](O)C(=O)O)NC1CC1. The summed E-state index contributed by atoms with van der Waals surface area (Å²) in [5.74, 6) is -1.41. The molecule has 1 saturated carbocycles. The molecular formula is C11H19N3O5. The Kier molecular flexibility index (Phi) is 6.07. The van der Waals surface area contributed by atoms with Crippen LogP contribution in [0.2, 0.25) is 0 Å². The van der Waals surface area contributed by atoms with E-state index in [4.69, 9.17) is 10.2 Å². The van der Waals surface area contributed by atoms with Gasteiger partial charge < -0.3 is 26.2 Å². The highest BCUT2D eigenvalue weighted by atomic mass is 16.4. The number of nitrogens with one attached hydrogen (secondary N) is 3. The summed E-state index contributed by atoms with van der Waals surface area (Å²) < 4.78 is 0. The van der Waals surface area contributed by atoms with E-state index in [2.05, 4.69) is 16.0 Å². The van der Waals surface area contributed by atoms with Crippen molar-refractivity contribution in [3.63, 3.8) is 0 Å². The monoisotopic (exact) mass is 273 g/mol. The first kappa shape index (κ1) is 15.2. The number of carboxylic acids is 1. The Labute approximate surface area is 110 Å². The molecule has 1 fully saturated rings. The fourth-order valence-electron chi connectivity index (χ4n) is 1.32. The van der Waals surface area contributed by atoms with Crippen molar-refractivity contribution in [2.45, 2.75) is 37.8 Å². The number of urea groups is 1. The Hall–Kier alpha value is -1.83. The lowest BCUT2D eigenvalue weighted by atomic mass is 10.3. The average molecular weight is 273 g/mol. The molecule has 0 radical (unpaired) electrons. The highest BCUT2D eigenvalue weighted by molar-refractivity contribution is 5.77. The second-order valence-corrected chi connectivity index (χ2v) is 4.44. The number of amides is 3. The lowest BCUT2D eigenvalue weighted by Gasteiger charge is -2.09. The molecule has 108 valence electrons. The molecule has 0 saturated heterocycles. The van der Waals surface area contributed by atoms with Gasteiger partial charge in [0.1, 0.15) is 0 Å². The van der Waals surface area contributed by atoms with Crippen molar-refractivity contribution in [2.75, 3.05) is 13.1 Å². The third-order valence-corrected chi connectivity index (χ3v) is 2.55. The Morgan fingerprint density at radius 1 is 1.21 bits per heavy atom. The van der Waals surface area contributed by atoms with Crippen molar-refractivity contribution in [1.29, 1.82) is 0 Å². The van der Waals surface area contributed by atoms with E-state index in [1.165, 1.54) is 0 Å². The third kappa shape index (κ3) is 7.24. The van der Waals surface area contributed by atoms with Gasteiger partial charge in [-0.25, -0.2) is 9.59 Å². The van der Waals surface area contributed by atoms with Gasteiger partial charge in [-0.2, -0.15) is 0 Å².